The van der Waals surface area contributed by atoms with Crippen molar-refractivity contribution in [3.8, 4) is 0 Å². The van der Waals surface area contributed by atoms with Crippen LogP contribution >= 0.6 is 0 Å². The number of hydrogen-bond acceptors (Lipinski definition) is 5. The maximum atomic E-state index is 12.6. The number of carbonyl (C=O) groups is 1. The van der Waals surface area contributed by atoms with Crippen molar-refractivity contribution in [2.75, 3.05) is 4.72 Å². The highest BCUT2D eigenvalue weighted by Gasteiger charge is 2.28. The van der Waals surface area contributed by atoms with Gasteiger partial charge in [-0.15, -0.1) is 0 Å². The van der Waals surface area contributed by atoms with Crippen LogP contribution in [-0.2, 0) is 10.0 Å². The van der Waals surface area contributed by atoms with Gasteiger partial charge in [-0.25, -0.2) is 18.2 Å². The molecule has 0 aliphatic heterocycles. The van der Waals surface area contributed by atoms with Gasteiger partial charge in [0.05, 0.1) is 17.6 Å². The smallest absolute Gasteiger partial charge is 0.357 e. The van der Waals surface area contributed by atoms with Gasteiger partial charge >= 0.3 is 5.97 Å². The number of rotatable bonds is 4. The summed E-state index contributed by atoms with van der Waals surface area (Å²) in [6, 6.07) is 2.13. The second kappa shape index (κ2) is 4.89. The van der Waals surface area contributed by atoms with Crippen LogP contribution in [0.5, 0.6) is 0 Å². The van der Waals surface area contributed by atoms with Gasteiger partial charge in [-0.3, -0.25) is 9.82 Å². The van der Waals surface area contributed by atoms with Crippen molar-refractivity contribution in [2.45, 2.75) is 11.8 Å². The number of nitrogens with zero attached hydrogens (tertiary/aromatic N) is 2. The fraction of sp³-hybridized carbons (Fsp3) is 0.100. The Labute approximate surface area is 112 Å². The van der Waals surface area contributed by atoms with Gasteiger partial charge in [0.25, 0.3) is 10.0 Å². The summed E-state index contributed by atoms with van der Waals surface area (Å²) < 4.78 is 39.0. The van der Waals surface area contributed by atoms with E-state index < -0.39 is 32.5 Å². The van der Waals surface area contributed by atoms with Crippen LogP contribution in [0.1, 0.15) is 16.2 Å². The first-order chi connectivity index (χ1) is 9.31. The number of aromatic carboxylic acids is 1. The normalized spacial score (nSPS) is 11.3. The third-order valence-electron chi connectivity index (χ3n) is 2.34. The van der Waals surface area contributed by atoms with E-state index in [9.17, 15) is 17.6 Å². The number of aromatic amines is 1. The fourth-order valence-electron chi connectivity index (χ4n) is 1.54. The summed E-state index contributed by atoms with van der Waals surface area (Å²) in [7, 11) is -4.18. The first-order valence-corrected chi connectivity index (χ1v) is 6.72. The first-order valence-electron chi connectivity index (χ1n) is 5.24. The topological polar surface area (TPSA) is 125 Å². The predicted octanol–water partition coefficient (Wildman–Crippen LogP) is 0.751. The Morgan fingerprint density at radius 1 is 1.45 bits per heavy atom. The molecule has 0 radical (unpaired) electrons. The second-order valence-corrected chi connectivity index (χ2v) is 5.43. The minimum atomic E-state index is -4.18. The summed E-state index contributed by atoms with van der Waals surface area (Å²) in [5, 5.41) is 14.6. The number of halogens is 1. The third-order valence-corrected chi connectivity index (χ3v) is 3.88. The van der Waals surface area contributed by atoms with E-state index in [0.717, 1.165) is 18.3 Å². The summed E-state index contributed by atoms with van der Waals surface area (Å²) in [5.74, 6) is -2.24. The average Bonchev–Trinajstić information content (AvgIpc) is 2.75. The Morgan fingerprint density at radius 3 is 2.70 bits per heavy atom. The fourth-order valence-corrected chi connectivity index (χ4v) is 2.90. The number of aryl methyl sites for hydroxylation is 1. The molecule has 0 unspecified atom stereocenters. The SMILES string of the molecule is Cc1[nH]nc(C(=O)O)c1S(=O)(=O)Nc1ccc(F)nc1. The molecular weight excluding hydrogens is 291 g/mol. The lowest BCUT2D eigenvalue weighted by Crippen LogP contribution is -2.17. The number of pyridine rings is 1. The van der Waals surface area contributed by atoms with E-state index in [1.54, 1.807) is 0 Å². The Hall–Kier alpha value is -2.49. The van der Waals surface area contributed by atoms with Crippen molar-refractivity contribution in [1.82, 2.24) is 15.2 Å². The molecule has 8 nitrogen and oxygen atoms in total. The zero-order valence-corrected chi connectivity index (χ0v) is 10.9. The summed E-state index contributed by atoms with van der Waals surface area (Å²) >= 11 is 0. The minimum Gasteiger partial charge on any atom is -0.476 e. The molecule has 0 spiro atoms. The van der Waals surface area contributed by atoms with Gasteiger partial charge in [0.1, 0.15) is 4.90 Å². The summed E-state index contributed by atoms with van der Waals surface area (Å²) in [6.07, 6.45) is 0.975. The molecule has 0 atom stereocenters. The molecule has 10 heteroatoms. The lowest BCUT2D eigenvalue weighted by Gasteiger charge is -2.07. The van der Waals surface area contributed by atoms with Gasteiger partial charge in [-0.05, 0) is 19.1 Å². The predicted molar refractivity (Wildman–Crippen MR) is 65.3 cm³/mol. The molecular formula is C10H9FN4O4S. The van der Waals surface area contributed by atoms with Crippen LogP contribution in [0.15, 0.2) is 23.2 Å². The van der Waals surface area contributed by atoms with Crippen LogP contribution in [0.25, 0.3) is 0 Å². The maximum Gasteiger partial charge on any atom is 0.357 e. The number of anilines is 1. The van der Waals surface area contributed by atoms with Crippen molar-refractivity contribution in [2.24, 2.45) is 0 Å². The van der Waals surface area contributed by atoms with Crippen molar-refractivity contribution < 1.29 is 22.7 Å². The quantitative estimate of drug-likeness (QED) is 0.715. The van der Waals surface area contributed by atoms with Gasteiger partial charge in [0.2, 0.25) is 5.95 Å². The Bertz CT molecular complexity index is 754. The van der Waals surface area contributed by atoms with Crippen LogP contribution in [-0.4, -0.2) is 34.7 Å². The lowest BCUT2D eigenvalue weighted by molar-refractivity contribution is 0.0686. The molecule has 0 saturated heterocycles. The minimum absolute atomic E-state index is 0.00309. The maximum absolute atomic E-state index is 12.6. The van der Waals surface area contributed by atoms with Crippen LogP contribution in [0.4, 0.5) is 10.1 Å². The van der Waals surface area contributed by atoms with E-state index in [1.807, 2.05) is 0 Å². The summed E-state index contributed by atoms with van der Waals surface area (Å²) in [5.41, 5.74) is -0.543. The molecule has 0 fully saturated rings. The molecule has 2 rings (SSSR count). The molecule has 2 aromatic heterocycles. The number of hydrogen-bond donors (Lipinski definition) is 3. The van der Waals surface area contributed by atoms with E-state index in [-0.39, 0.29) is 11.4 Å². The van der Waals surface area contributed by atoms with Gasteiger partial charge in [-0.1, -0.05) is 0 Å². The third kappa shape index (κ3) is 2.59. The monoisotopic (exact) mass is 300 g/mol. The van der Waals surface area contributed by atoms with E-state index in [1.165, 1.54) is 6.92 Å². The Kier molecular flexibility index (Phi) is 3.40. The zero-order valence-electron chi connectivity index (χ0n) is 10.1. The van der Waals surface area contributed by atoms with Crippen molar-refractivity contribution in [3.05, 3.63) is 35.7 Å². The van der Waals surface area contributed by atoms with E-state index in [0.29, 0.717) is 0 Å². The van der Waals surface area contributed by atoms with Crippen molar-refractivity contribution >= 4 is 21.7 Å². The van der Waals surface area contributed by atoms with Gasteiger partial charge in [0.15, 0.2) is 5.69 Å². The molecule has 106 valence electrons. The van der Waals surface area contributed by atoms with Gasteiger partial charge in [0, 0.05) is 0 Å². The molecule has 0 aliphatic rings. The van der Waals surface area contributed by atoms with Crippen molar-refractivity contribution in [3.63, 3.8) is 0 Å². The summed E-state index contributed by atoms with van der Waals surface area (Å²) in [6.45, 7) is 1.37. The molecule has 20 heavy (non-hydrogen) atoms. The molecule has 3 N–H and O–H groups in total. The molecule has 2 heterocycles. The van der Waals surface area contributed by atoms with E-state index in [4.69, 9.17) is 5.11 Å². The van der Waals surface area contributed by atoms with Gasteiger partial charge < -0.3 is 5.11 Å². The number of nitrogens with one attached hydrogen (secondary N) is 2. The highest BCUT2D eigenvalue weighted by Crippen LogP contribution is 2.21. The highest BCUT2D eigenvalue weighted by atomic mass is 32.2. The first kappa shape index (κ1) is 13.9. The second-order valence-electron chi connectivity index (χ2n) is 3.81. The summed E-state index contributed by atoms with van der Waals surface area (Å²) in [4.78, 5) is 13.8. The Balaban J connectivity index is 2.43. The number of carboxylic acid groups (broad SMARTS) is 1. The van der Waals surface area contributed by atoms with Crippen LogP contribution in [0.3, 0.4) is 0 Å². The molecule has 0 saturated carbocycles. The largest absolute Gasteiger partial charge is 0.476 e. The number of sulfonamides is 1. The number of carboxylic acids is 1. The highest BCUT2D eigenvalue weighted by molar-refractivity contribution is 7.92. The lowest BCUT2D eigenvalue weighted by atomic mass is 10.4. The average molecular weight is 300 g/mol. The molecule has 2 aromatic rings. The molecule has 0 aliphatic carbocycles. The van der Waals surface area contributed by atoms with Crippen molar-refractivity contribution in [1.29, 1.82) is 0 Å². The number of H-pyrrole nitrogens is 1. The van der Waals surface area contributed by atoms with E-state index >= 15 is 0 Å². The van der Waals surface area contributed by atoms with E-state index in [2.05, 4.69) is 19.9 Å². The molecule has 0 amide bonds. The van der Waals surface area contributed by atoms with Gasteiger partial charge in [-0.2, -0.15) is 9.49 Å². The molecule has 0 bridgehead atoms. The van der Waals surface area contributed by atoms with Crippen LogP contribution < -0.4 is 4.72 Å². The molecule has 0 aromatic carbocycles. The van der Waals surface area contributed by atoms with Crippen LogP contribution in [0, 0.1) is 12.9 Å². The van der Waals surface area contributed by atoms with Crippen LogP contribution in [0.2, 0.25) is 0 Å². The Morgan fingerprint density at radius 2 is 2.15 bits per heavy atom. The zero-order chi connectivity index (χ0) is 14.9. The number of aromatic nitrogens is 3. The standard InChI is InChI=1S/C10H9FN4O4S/c1-5-9(8(10(16)17)14-13-5)20(18,19)15-6-2-3-7(11)12-4-6/h2-4,15H,1H3,(H,13,14)(H,16,17).